The molecule has 0 radical (unpaired) electrons. The van der Waals surface area contributed by atoms with Gasteiger partial charge in [-0.15, -0.1) is 24.0 Å². The molecule has 0 saturated heterocycles. The number of nitrogens with two attached hydrogens (primary N) is 1. The van der Waals surface area contributed by atoms with E-state index in [9.17, 15) is 0 Å². The number of nitrogens with zero attached hydrogens (tertiary/aromatic N) is 3. The van der Waals surface area contributed by atoms with Crippen LogP contribution in [-0.2, 0) is 13.6 Å². The molecular weight excluding hydrogens is 401 g/mol. The van der Waals surface area contributed by atoms with Gasteiger partial charge in [0.2, 0.25) is 0 Å². The predicted molar refractivity (Wildman–Crippen MR) is 106 cm³/mol. The van der Waals surface area contributed by atoms with Gasteiger partial charge in [0.1, 0.15) is 12.4 Å². The Labute approximate surface area is 154 Å². The van der Waals surface area contributed by atoms with Gasteiger partial charge in [-0.05, 0) is 25.0 Å². The molecule has 0 bridgehead atoms. The molecule has 2 aromatic rings. The van der Waals surface area contributed by atoms with Gasteiger partial charge in [-0.25, -0.2) is 9.98 Å². The minimum atomic E-state index is 0. The summed E-state index contributed by atoms with van der Waals surface area (Å²) >= 11 is 0. The number of nitrogens with one attached hydrogen (secondary N) is 1. The third-order valence-corrected chi connectivity index (χ3v) is 4.48. The normalized spacial score (nSPS) is 16.8. The number of aromatic nitrogens is 2. The van der Waals surface area contributed by atoms with Gasteiger partial charge >= 0.3 is 0 Å². The van der Waals surface area contributed by atoms with Crippen LogP contribution in [0.25, 0.3) is 11.0 Å². The molecule has 1 aromatic heterocycles. The van der Waals surface area contributed by atoms with E-state index in [1.165, 1.54) is 38.5 Å². The van der Waals surface area contributed by atoms with E-state index in [0.717, 1.165) is 16.9 Å². The van der Waals surface area contributed by atoms with Crippen LogP contribution < -0.4 is 11.1 Å². The van der Waals surface area contributed by atoms with E-state index in [0.29, 0.717) is 18.5 Å². The number of hydrogen-bond donors (Lipinski definition) is 2. The number of halogens is 1. The van der Waals surface area contributed by atoms with Gasteiger partial charge in [0.25, 0.3) is 0 Å². The lowest BCUT2D eigenvalue weighted by Crippen LogP contribution is -2.39. The van der Waals surface area contributed by atoms with Crippen molar-refractivity contribution in [3.05, 3.63) is 30.1 Å². The first-order valence-electron chi connectivity index (χ1n) is 8.21. The van der Waals surface area contributed by atoms with Crippen LogP contribution in [0, 0.1) is 0 Å². The molecule has 6 heteroatoms. The molecule has 5 nitrogen and oxygen atoms in total. The van der Waals surface area contributed by atoms with Crippen molar-refractivity contribution >= 4 is 41.0 Å². The summed E-state index contributed by atoms with van der Waals surface area (Å²) in [6, 6.07) is 8.61. The zero-order chi connectivity index (χ0) is 15.4. The van der Waals surface area contributed by atoms with Crippen LogP contribution in [0.1, 0.15) is 44.3 Å². The minimum absolute atomic E-state index is 0. The average Bonchev–Trinajstić information content (AvgIpc) is 2.69. The fourth-order valence-electron chi connectivity index (χ4n) is 3.17. The Bertz CT molecular complexity index is 656. The summed E-state index contributed by atoms with van der Waals surface area (Å²) in [4.78, 5) is 9.09. The highest BCUT2D eigenvalue weighted by Gasteiger charge is 2.12. The number of benzene rings is 1. The summed E-state index contributed by atoms with van der Waals surface area (Å²) in [7, 11) is 2.02. The van der Waals surface area contributed by atoms with Crippen molar-refractivity contribution in [3.8, 4) is 0 Å². The zero-order valence-corrected chi connectivity index (χ0v) is 16.0. The second-order valence-corrected chi connectivity index (χ2v) is 6.11. The number of hydrogen-bond acceptors (Lipinski definition) is 2. The Kier molecular flexibility index (Phi) is 6.68. The van der Waals surface area contributed by atoms with E-state index in [1.54, 1.807) is 0 Å². The SMILES string of the molecule is Cn1c(CN=C(N)NC2CCCCCC2)nc2ccccc21.I. The van der Waals surface area contributed by atoms with Crippen LogP contribution in [0.5, 0.6) is 0 Å². The van der Waals surface area contributed by atoms with Gasteiger partial charge in [0.15, 0.2) is 5.96 Å². The number of aryl methyl sites for hydroxylation is 1. The Morgan fingerprint density at radius 1 is 1.26 bits per heavy atom. The van der Waals surface area contributed by atoms with E-state index < -0.39 is 0 Å². The Hall–Kier alpha value is -1.31. The van der Waals surface area contributed by atoms with Crippen molar-refractivity contribution in [3.63, 3.8) is 0 Å². The lowest BCUT2D eigenvalue weighted by atomic mass is 10.1. The van der Waals surface area contributed by atoms with Crippen molar-refractivity contribution in [1.82, 2.24) is 14.9 Å². The first-order valence-corrected chi connectivity index (χ1v) is 8.21. The second-order valence-electron chi connectivity index (χ2n) is 6.11. The van der Waals surface area contributed by atoms with Crippen LogP contribution in [-0.4, -0.2) is 21.6 Å². The fourth-order valence-corrected chi connectivity index (χ4v) is 3.17. The lowest BCUT2D eigenvalue weighted by molar-refractivity contribution is 0.530. The van der Waals surface area contributed by atoms with Gasteiger partial charge in [0.05, 0.1) is 11.0 Å². The molecule has 1 saturated carbocycles. The Morgan fingerprint density at radius 2 is 1.96 bits per heavy atom. The van der Waals surface area contributed by atoms with Crippen LogP contribution in [0.2, 0.25) is 0 Å². The molecule has 0 aliphatic heterocycles. The molecule has 0 amide bonds. The highest BCUT2D eigenvalue weighted by Crippen LogP contribution is 2.17. The second kappa shape index (κ2) is 8.52. The number of aliphatic imine (C=N–C) groups is 1. The molecule has 0 spiro atoms. The Balaban J connectivity index is 0.00000192. The summed E-state index contributed by atoms with van der Waals surface area (Å²) in [5, 5.41) is 3.37. The molecule has 23 heavy (non-hydrogen) atoms. The van der Waals surface area contributed by atoms with Gasteiger partial charge in [-0.3, -0.25) is 0 Å². The summed E-state index contributed by atoms with van der Waals surface area (Å²) in [6.07, 6.45) is 7.65. The lowest BCUT2D eigenvalue weighted by Gasteiger charge is -2.16. The van der Waals surface area contributed by atoms with Crippen molar-refractivity contribution in [1.29, 1.82) is 0 Å². The molecule has 1 fully saturated rings. The summed E-state index contributed by atoms with van der Waals surface area (Å²) < 4.78 is 2.08. The number of para-hydroxylation sites is 2. The van der Waals surface area contributed by atoms with Crippen LogP contribution in [0.3, 0.4) is 0 Å². The molecule has 126 valence electrons. The predicted octanol–water partition coefficient (Wildman–Crippen LogP) is 3.32. The smallest absolute Gasteiger partial charge is 0.189 e. The van der Waals surface area contributed by atoms with Crippen LogP contribution >= 0.6 is 24.0 Å². The summed E-state index contributed by atoms with van der Waals surface area (Å²) in [5.74, 6) is 1.48. The maximum Gasteiger partial charge on any atom is 0.189 e. The van der Waals surface area contributed by atoms with E-state index >= 15 is 0 Å². The molecule has 1 aromatic carbocycles. The molecule has 3 rings (SSSR count). The zero-order valence-electron chi connectivity index (χ0n) is 13.7. The van der Waals surface area contributed by atoms with Crippen LogP contribution in [0.4, 0.5) is 0 Å². The summed E-state index contributed by atoms with van der Waals surface area (Å²) in [5.41, 5.74) is 8.18. The van der Waals surface area contributed by atoms with Gasteiger partial charge in [-0.1, -0.05) is 37.8 Å². The molecule has 1 aliphatic carbocycles. The van der Waals surface area contributed by atoms with Gasteiger partial charge in [0, 0.05) is 13.1 Å². The Morgan fingerprint density at radius 3 is 2.65 bits per heavy atom. The van der Waals surface area contributed by atoms with Crippen LogP contribution in [0.15, 0.2) is 29.3 Å². The quantitative estimate of drug-likeness (QED) is 0.342. The number of guanidine groups is 1. The molecule has 0 unspecified atom stereocenters. The maximum atomic E-state index is 6.05. The average molecular weight is 427 g/mol. The van der Waals surface area contributed by atoms with Crippen molar-refractivity contribution in [2.75, 3.05) is 0 Å². The fraction of sp³-hybridized carbons (Fsp3) is 0.529. The standard InChI is InChI=1S/C17H25N5.HI/c1-22-15-11-7-6-10-14(15)21-16(22)12-19-17(18)20-13-8-4-2-3-5-9-13;/h6-7,10-11,13H,2-5,8-9,12H2,1H3,(H3,18,19,20);1H. The molecule has 1 heterocycles. The van der Waals surface area contributed by atoms with Gasteiger partial charge in [-0.2, -0.15) is 0 Å². The maximum absolute atomic E-state index is 6.05. The number of fused-ring (bicyclic) bond motifs is 1. The highest BCUT2D eigenvalue weighted by molar-refractivity contribution is 14.0. The van der Waals surface area contributed by atoms with E-state index in [1.807, 2.05) is 25.2 Å². The molecule has 1 aliphatic rings. The van der Waals surface area contributed by atoms with Crippen molar-refractivity contribution in [2.24, 2.45) is 17.8 Å². The van der Waals surface area contributed by atoms with E-state index in [2.05, 4.69) is 25.9 Å². The molecular formula is C17H26IN5. The topological polar surface area (TPSA) is 68.2 Å². The van der Waals surface area contributed by atoms with E-state index in [4.69, 9.17) is 5.73 Å². The highest BCUT2D eigenvalue weighted by atomic mass is 127. The third-order valence-electron chi connectivity index (χ3n) is 4.48. The van der Waals surface area contributed by atoms with Gasteiger partial charge < -0.3 is 15.6 Å². The molecule has 3 N–H and O–H groups in total. The largest absolute Gasteiger partial charge is 0.370 e. The molecule has 0 atom stereocenters. The van der Waals surface area contributed by atoms with Crippen molar-refractivity contribution < 1.29 is 0 Å². The monoisotopic (exact) mass is 427 g/mol. The number of rotatable bonds is 3. The van der Waals surface area contributed by atoms with Crippen molar-refractivity contribution in [2.45, 2.75) is 51.1 Å². The number of imidazole rings is 1. The first kappa shape index (κ1) is 18.0. The summed E-state index contributed by atoms with van der Waals surface area (Å²) in [6.45, 7) is 0.511. The minimum Gasteiger partial charge on any atom is -0.370 e. The van der Waals surface area contributed by atoms with E-state index in [-0.39, 0.29) is 24.0 Å². The first-order chi connectivity index (χ1) is 10.7. The third kappa shape index (κ3) is 4.59.